The smallest absolute Gasteiger partial charge is 0.187 e. The minimum atomic E-state index is -0.516. The van der Waals surface area contributed by atoms with Gasteiger partial charge in [-0.2, -0.15) is 0 Å². The molecule has 0 saturated heterocycles. The zero-order valence-electron chi connectivity index (χ0n) is 14.1. The molecule has 3 heterocycles. The monoisotopic (exact) mass is 469 g/mol. The number of Topliss-reactive ketones (excluding diaryl/α,β-unsaturated/α-hetero) is 2. The summed E-state index contributed by atoms with van der Waals surface area (Å²) in [4.78, 5) is 25.4. The number of rotatable bonds is 2. The lowest BCUT2D eigenvalue weighted by Crippen LogP contribution is -2.45. The van der Waals surface area contributed by atoms with Crippen molar-refractivity contribution >= 4 is 34.2 Å². The van der Waals surface area contributed by atoms with E-state index in [1.807, 2.05) is 29.5 Å². The van der Waals surface area contributed by atoms with Gasteiger partial charge in [0.15, 0.2) is 11.6 Å². The molecule has 0 spiro atoms. The molecular weight excluding hydrogens is 452 g/mol. The van der Waals surface area contributed by atoms with Gasteiger partial charge in [0.05, 0.1) is 18.4 Å². The van der Waals surface area contributed by atoms with Crippen LogP contribution in [-0.2, 0) is 19.1 Å². The maximum atomic E-state index is 13.8. The molecule has 5 nitrogen and oxygen atoms in total. The second kappa shape index (κ2) is 6.86. The summed E-state index contributed by atoms with van der Waals surface area (Å²) in [6.45, 7) is 2.23. The first-order valence-electron chi connectivity index (χ1n) is 8.46. The van der Waals surface area contributed by atoms with Crippen LogP contribution in [0.15, 0.2) is 40.7 Å². The number of dihydropyridines is 1. The number of carbonyl (C=O) groups excluding carboxylic acids is 2. The third-order valence-corrected chi connectivity index (χ3v) is 5.77. The number of hydrogen-bond donors (Lipinski definition) is 1. The van der Waals surface area contributed by atoms with Gasteiger partial charge >= 0.3 is 0 Å². The lowest BCUT2D eigenvalue weighted by molar-refractivity contribution is -0.124. The van der Waals surface area contributed by atoms with Crippen LogP contribution >= 0.6 is 22.6 Å². The van der Waals surface area contributed by atoms with Crippen molar-refractivity contribution in [3.63, 3.8) is 0 Å². The van der Waals surface area contributed by atoms with Crippen molar-refractivity contribution in [3.05, 3.63) is 55.7 Å². The van der Waals surface area contributed by atoms with Crippen molar-refractivity contribution in [1.29, 1.82) is 0 Å². The predicted molar refractivity (Wildman–Crippen MR) is 99.9 cm³/mol. The molecule has 0 bridgehead atoms. The minimum absolute atomic E-state index is 0.0128. The van der Waals surface area contributed by atoms with Gasteiger partial charge in [-0.1, -0.05) is 13.0 Å². The van der Waals surface area contributed by atoms with Gasteiger partial charge in [0, 0.05) is 26.3 Å². The van der Waals surface area contributed by atoms with Gasteiger partial charge in [-0.15, -0.1) is 0 Å². The largest absolute Gasteiger partial charge is 0.367 e. The van der Waals surface area contributed by atoms with E-state index in [-0.39, 0.29) is 43.3 Å². The Kier molecular flexibility index (Phi) is 4.70. The lowest BCUT2D eigenvalue weighted by Gasteiger charge is -2.39. The average Bonchev–Trinajstić information content (AvgIpc) is 2.63. The van der Waals surface area contributed by atoms with E-state index in [4.69, 9.17) is 9.47 Å². The van der Waals surface area contributed by atoms with Gasteiger partial charge < -0.3 is 14.8 Å². The zero-order valence-corrected chi connectivity index (χ0v) is 16.3. The van der Waals surface area contributed by atoms with Crippen molar-refractivity contribution in [2.24, 2.45) is 0 Å². The van der Waals surface area contributed by atoms with Gasteiger partial charge in [-0.25, -0.2) is 4.39 Å². The highest BCUT2D eigenvalue weighted by Gasteiger charge is 2.43. The molecule has 7 heteroatoms. The van der Waals surface area contributed by atoms with Crippen LogP contribution in [0.4, 0.5) is 4.39 Å². The van der Waals surface area contributed by atoms with E-state index in [1.165, 1.54) is 6.07 Å². The fourth-order valence-electron chi connectivity index (χ4n) is 3.79. The van der Waals surface area contributed by atoms with Crippen LogP contribution in [0.5, 0.6) is 0 Å². The second-order valence-corrected chi connectivity index (χ2v) is 7.66. The van der Waals surface area contributed by atoms with E-state index in [9.17, 15) is 14.0 Å². The van der Waals surface area contributed by atoms with Crippen molar-refractivity contribution in [3.8, 4) is 0 Å². The quantitative estimate of drug-likeness (QED) is 0.675. The Balaban J connectivity index is 1.94. The molecule has 3 aliphatic heterocycles. The van der Waals surface area contributed by atoms with Gasteiger partial charge in [0.25, 0.3) is 0 Å². The van der Waals surface area contributed by atoms with Crippen molar-refractivity contribution in [1.82, 2.24) is 5.32 Å². The van der Waals surface area contributed by atoms with E-state index in [2.05, 4.69) is 5.32 Å². The number of carbonyl (C=O) groups is 2. The fraction of sp³-hybridized carbons (Fsp3) is 0.368. The lowest BCUT2D eigenvalue weighted by atomic mass is 9.75. The van der Waals surface area contributed by atoms with Crippen molar-refractivity contribution < 1.29 is 23.5 Å². The van der Waals surface area contributed by atoms with Crippen molar-refractivity contribution in [2.45, 2.75) is 25.4 Å². The van der Waals surface area contributed by atoms with Crippen LogP contribution in [0.2, 0.25) is 0 Å². The summed E-state index contributed by atoms with van der Waals surface area (Å²) < 4.78 is 25.3. The molecule has 3 aliphatic rings. The molecule has 0 amide bonds. The number of ether oxygens (including phenoxy) is 2. The third-order valence-electron chi connectivity index (χ3n) is 4.94. The highest BCUT2D eigenvalue weighted by Crippen LogP contribution is 2.43. The first kappa shape index (κ1) is 17.8. The van der Waals surface area contributed by atoms with Crippen LogP contribution in [0.25, 0.3) is 0 Å². The van der Waals surface area contributed by atoms with Crippen molar-refractivity contribution in [2.75, 3.05) is 19.8 Å². The predicted octanol–water partition coefficient (Wildman–Crippen LogP) is 2.60. The summed E-state index contributed by atoms with van der Waals surface area (Å²) in [5, 5.41) is 3.24. The molecule has 0 saturated carbocycles. The Morgan fingerprint density at radius 3 is 2.69 bits per heavy atom. The Morgan fingerprint density at radius 1 is 1.19 bits per heavy atom. The SMILES string of the molecule is CC[C@H]1OCC(=O)C2=C1NC1=C(C(=O)COC1)[C@H]2c1ccc(F)c(I)c1. The molecular formula is C19H17FINO4. The molecule has 1 aromatic rings. The maximum absolute atomic E-state index is 13.8. The number of nitrogens with one attached hydrogen (secondary N) is 1. The van der Waals surface area contributed by atoms with Crippen LogP contribution < -0.4 is 5.32 Å². The summed E-state index contributed by atoms with van der Waals surface area (Å²) in [5.74, 6) is -1.14. The number of halogens is 2. The zero-order chi connectivity index (χ0) is 18.4. The van der Waals surface area contributed by atoms with Gasteiger partial charge in [-0.3, -0.25) is 9.59 Å². The summed E-state index contributed by atoms with van der Waals surface area (Å²) in [5.41, 5.74) is 3.20. The minimum Gasteiger partial charge on any atom is -0.367 e. The van der Waals surface area contributed by atoms with Gasteiger partial charge in [0.1, 0.15) is 19.0 Å². The Labute approximate surface area is 163 Å². The first-order chi connectivity index (χ1) is 12.5. The first-order valence-corrected chi connectivity index (χ1v) is 9.54. The van der Waals surface area contributed by atoms with Gasteiger partial charge in [0.2, 0.25) is 0 Å². The maximum Gasteiger partial charge on any atom is 0.187 e. The van der Waals surface area contributed by atoms with E-state index >= 15 is 0 Å². The normalized spacial score (nSPS) is 25.8. The average molecular weight is 469 g/mol. The van der Waals surface area contributed by atoms with Crippen LogP contribution in [0.1, 0.15) is 24.8 Å². The highest BCUT2D eigenvalue weighted by molar-refractivity contribution is 14.1. The van der Waals surface area contributed by atoms with E-state index in [0.717, 1.165) is 5.56 Å². The molecule has 0 unspecified atom stereocenters. The summed E-state index contributed by atoms with van der Waals surface area (Å²) in [7, 11) is 0. The number of ketones is 2. The van der Waals surface area contributed by atoms with Crippen LogP contribution in [0.3, 0.4) is 0 Å². The molecule has 0 radical (unpaired) electrons. The van der Waals surface area contributed by atoms with Crippen LogP contribution in [-0.4, -0.2) is 37.5 Å². The molecule has 2 atom stereocenters. The summed E-state index contributed by atoms with van der Waals surface area (Å²) in [6.07, 6.45) is 0.459. The molecule has 4 rings (SSSR count). The van der Waals surface area contributed by atoms with Gasteiger partial charge in [-0.05, 0) is 46.7 Å². The molecule has 1 N–H and O–H groups in total. The molecule has 0 fully saturated rings. The van der Waals surface area contributed by atoms with E-state index in [0.29, 0.717) is 32.5 Å². The Hall–Kier alpha value is -1.58. The topological polar surface area (TPSA) is 64.6 Å². The Morgan fingerprint density at radius 2 is 1.96 bits per heavy atom. The Bertz CT molecular complexity index is 876. The molecule has 0 aromatic heterocycles. The molecule has 136 valence electrons. The van der Waals surface area contributed by atoms with E-state index < -0.39 is 5.92 Å². The summed E-state index contributed by atoms with van der Waals surface area (Å²) in [6, 6.07) is 4.73. The highest BCUT2D eigenvalue weighted by atomic mass is 127. The third kappa shape index (κ3) is 2.82. The number of benzene rings is 1. The standard InChI is InChI=1S/C19H17FINO4/c1-2-15-19-18(14(24)8-26-15)16(9-3-4-10(20)11(21)5-9)17-12(22-19)6-25-7-13(17)23/h3-5,15-16,22H,2,6-8H2,1H3/t15-,16-/m1/s1. The summed E-state index contributed by atoms with van der Waals surface area (Å²) >= 11 is 1.92. The molecule has 26 heavy (non-hydrogen) atoms. The molecule has 0 aliphatic carbocycles. The molecule has 1 aromatic carbocycles. The van der Waals surface area contributed by atoms with E-state index in [1.54, 1.807) is 12.1 Å². The number of hydrogen-bond acceptors (Lipinski definition) is 5. The second-order valence-electron chi connectivity index (χ2n) is 6.50. The van der Waals surface area contributed by atoms with Crippen LogP contribution in [0, 0.1) is 9.39 Å². The fourth-order valence-corrected chi connectivity index (χ4v) is 4.33.